The van der Waals surface area contributed by atoms with Gasteiger partial charge in [0, 0.05) is 12.0 Å². The van der Waals surface area contributed by atoms with Gasteiger partial charge >= 0.3 is 11.9 Å². The van der Waals surface area contributed by atoms with Gasteiger partial charge in [0.15, 0.2) is 5.78 Å². The molecule has 174 valence electrons. The zero-order chi connectivity index (χ0) is 24.3. The molecule has 0 spiro atoms. The van der Waals surface area contributed by atoms with Crippen LogP contribution in [-0.4, -0.2) is 37.0 Å². The van der Waals surface area contributed by atoms with Gasteiger partial charge in [0.25, 0.3) is 0 Å². The van der Waals surface area contributed by atoms with Crippen LogP contribution in [0.5, 0.6) is 0 Å². The Morgan fingerprint density at radius 3 is 1.50 bits per heavy atom. The zero-order valence-electron chi connectivity index (χ0n) is 19.8. The summed E-state index contributed by atoms with van der Waals surface area (Å²) in [4.78, 5) is 34.0. The summed E-state index contributed by atoms with van der Waals surface area (Å²) in [7, 11) is 2.68. The Bertz CT molecular complexity index is 866. The summed E-state index contributed by atoms with van der Waals surface area (Å²) in [5, 5.41) is 9.86. The molecule has 1 N–H and O–H groups in total. The Morgan fingerprint density at radius 1 is 0.719 bits per heavy atom. The number of aliphatic hydroxyl groups is 1. The highest BCUT2D eigenvalue weighted by Crippen LogP contribution is 2.21. The van der Waals surface area contributed by atoms with Gasteiger partial charge in [0.2, 0.25) is 0 Å². The molecule has 2 aromatic carbocycles. The Balaban J connectivity index is 0.000000320. The lowest BCUT2D eigenvalue weighted by Crippen LogP contribution is -2.05. The van der Waals surface area contributed by atoms with Gasteiger partial charge in [-0.3, -0.25) is 4.79 Å². The van der Waals surface area contributed by atoms with E-state index in [0.717, 1.165) is 12.0 Å². The second kappa shape index (κ2) is 13.4. The van der Waals surface area contributed by atoms with Crippen molar-refractivity contribution in [3.63, 3.8) is 0 Å². The molecule has 0 aliphatic carbocycles. The lowest BCUT2D eigenvalue weighted by atomic mass is 9.99. The van der Waals surface area contributed by atoms with Crippen molar-refractivity contribution in [2.45, 2.75) is 46.6 Å². The monoisotopic (exact) mass is 442 g/mol. The molecular formula is C26H34O6. The van der Waals surface area contributed by atoms with Crippen LogP contribution in [0.15, 0.2) is 48.5 Å². The van der Waals surface area contributed by atoms with Crippen LogP contribution in [0.1, 0.15) is 83.3 Å². The number of methoxy groups -OCH3 is 2. The molecule has 6 heteroatoms. The van der Waals surface area contributed by atoms with Crippen molar-refractivity contribution in [2.24, 2.45) is 11.8 Å². The first kappa shape index (κ1) is 27.0. The van der Waals surface area contributed by atoms with Crippen molar-refractivity contribution in [2.75, 3.05) is 14.2 Å². The Morgan fingerprint density at radius 2 is 1.12 bits per heavy atom. The zero-order valence-corrected chi connectivity index (χ0v) is 19.8. The standard InChI is InChI=1S/C13H18O3.C13H16O3/c2*1-9(2)8-12(14)10-4-6-11(7-5-10)13(15)16-3/h4-7,9,12,14H,8H2,1-3H3;4-7,9H,8H2,1-3H3. The molecule has 1 atom stereocenters. The fraction of sp³-hybridized carbons (Fsp3) is 0.423. The first-order valence-electron chi connectivity index (χ1n) is 10.7. The van der Waals surface area contributed by atoms with Crippen LogP contribution in [0, 0.1) is 11.8 Å². The number of esters is 2. The van der Waals surface area contributed by atoms with Crippen LogP contribution in [0.2, 0.25) is 0 Å². The third-order valence-corrected chi connectivity index (χ3v) is 4.63. The van der Waals surface area contributed by atoms with Crippen LogP contribution < -0.4 is 0 Å². The van der Waals surface area contributed by atoms with Gasteiger partial charge in [-0.15, -0.1) is 0 Å². The Hall–Kier alpha value is -2.99. The number of hydrogen-bond acceptors (Lipinski definition) is 6. The molecule has 6 nitrogen and oxygen atoms in total. The highest BCUT2D eigenvalue weighted by Gasteiger charge is 2.12. The number of Topliss-reactive ketones (excluding diaryl/α,β-unsaturated/α-hetero) is 1. The van der Waals surface area contributed by atoms with Gasteiger partial charge in [0.05, 0.1) is 31.5 Å². The fourth-order valence-electron chi connectivity index (χ4n) is 2.94. The molecule has 0 aromatic heterocycles. The molecule has 0 aliphatic heterocycles. The average molecular weight is 443 g/mol. The first-order chi connectivity index (χ1) is 15.1. The summed E-state index contributed by atoms with van der Waals surface area (Å²) >= 11 is 0. The number of hydrogen-bond donors (Lipinski definition) is 1. The first-order valence-corrected chi connectivity index (χ1v) is 10.7. The molecule has 0 heterocycles. The van der Waals surface area contributed by atoms with E-state index in [1.807, 2.05) is 13.8 Å². The smallest absolute Gasteiger partial charge is 0.337 e. The average Bonchev–Trinajstić information content (AvgIpc) is 2.77. The third kappa shape index (κ3) is 9.02. The number of rotatable bonds is 8. The van der Waals surface area contributed by atoms with Gasteiger partial charge in [0.1, 0.15) is 0 Å². The molecule has 0 saturated carbocycles. The number of aliphatic hydroxyl groups excluding tert-OH is 1. The molecule has 0 aliphatic rings. The molecular weight excluding hydrogens is 408 g/mol. The van der Waals surface area contributed by atoms with Crippen LogP contribution >= 0.6 is 0 Å². The summed E-state index contributed by atoms with van der Waals surface area (Å²) < 4.78 is 9.18. The minimum Gasteiger partial charge on any atom is -0.465 e. The van der Waals surface area contributed by atoms with E-state index in [1.54, 1.807) is 48.5 Å². The molecule has 0 radical (unpaired) electrons. The van der Waals surface area contributed by atoms with E-state index >= 15 is 0 Å². The maximum atomic E-state index is 11.7. The highest BCUT2D eigenvalue weighted by molar-refractivity contribution is 5.97. The predicted octanol–water partition coefficient (Wildman–Crippen LogP) is 5.25. The predicted molar refractivity (Wildman–Crippen MR) is 124 cm³/mol. The van der Waals surface area contributed by atoms with Crippen LogP contribution in [0.3, 0.4) is 0 Å². The van der Waals surface area contributed by atoms with Crippen molar-refractivity contribution in [3.8, 4) is 0 Å². The van der Waals surface area contributed by atoms with E-state index in [4.69, 9.17) is 0 Å². The Kier molecular flexibility index (Phi) is 11.3. The maximum Gasteiger partial charge on any atom is 0.337 e. The van der Waals surface area contributed by atoms with Crippen LogP contribution in [0.25, 0.3) is 0 Å². The molecule has 0 fully saturated rings. The van der Waals surface area contributed by atoms with E-state index < -0.39 is 6.10 Å². The second-order valence-electron chi connectivity index (χ2n) is 8.35. The summed E-state index contributed by atoms with van der Waals surface area (Å²) in [5.41, 5.74) is 2.44. The third-order valence-electron chi connectivity index (χ3n) is 4.63. The van der Waals surface area contributed by atoms with Crippen molar-refractivity contribution in [1.82, 2.24) is 0 Å². The van der Waals surface area contributed by atoms with E-state index in [1.165, 1.54) is 14.2 Å². The lowest BCUT2D eigenvalue weighted by molar-refractivity contribution is 0.0591. The van der Waals surface area contributed by atoms with Gasteiger partial charge in [-0.05, 0) is 48.1 Å². The van der Waals surface area contributed by atoms with E-state index in [2.05, 4.69) is 23.3 Å². The molecule has 32 heavy (non-hydrogen) atoms. The summed E-state index contributed by atoms with van der Waals surface area (Å²) in [6.45, 7) is 8.12. The largest absolute Gasteiger partial charge is 0.465 e. The van der Waals surface area contributed by atoms with Crippen molar-refractivity contribution in [3.05, 3.63) is 70.8 Å². The summed E-state index contributed by atoms with van der Waals surface area (Å²) in [6, 6.07) is 13.4. The van der Waals surface area contributed by atoms with E-state index in [-0.39, 0.29) is 17.7 Å². The minimum absolute atomic E-state index is 0.103. The normalized spacial score (nSPS) is 11.4. The molecule has 1 unspecified atom stereocenters. The minimum atomic E-state index is -0.466. The van der Waals surface area contributed by atoms with Gasteiger partial charge in [-0.1, -0.05) is 52.0 Å². The molecule has 0 bridgehead atoms. The number of ether oxygens (including phenoxy) is 2. The second-order valence-corrected chi connectivity index (χ2v) is 8.35. The van der Waals surface area contributed by atoms with E-state index in [9.17, 15) is 19.5 Å². The highest BCUT2D eigenvalue weighted by atomic mass is 16.5. The Labute approximate surface area is 190 Å². The molecule has 0 amide bonds. The van der Waals surface area contributed by atoms with Gasteiger partial charge in [-0.25, -0.2) is 9.59 Å². The molecule has 2 aromatic rings. The topological polar surface area (TPSA) is 89.9 Å². The maximum absolute atomic E-state index is 11.7. The SMILES string of the molecule is COC(=O)c1ccc(C(=O)CC(C)C)cc1.COC(=O)c1ccc(C(O)CC(C)C)cc1. The van der Waals surface area contributed by atoms with E-state index in [0.29, 0.717) is 34.9 Å². The van der Waals surface area contributed by atoms with Crippen LogP contribution in [0.4, 0.5) is 0 Å². The fourth-order valence-corrected chi connectivity index (χ4v) is 2.94. The van der Waals surface area contributed by atoms with Gasteiger partial charge in [-0.2, -0.15) is 0 Å². The lowest BCUT2D eigenvalue weighted by Gasteiger charge is -2.13. The molecule has 2 rings (SSSR count). The number of carbonyl (C=O) groups excluding carboxylic acids is 3. The van der Waals surface area contributed by atoms with Gasteiger partial charge < -0.3 is 14.6 Å². The van der Waals surface area contributed by atoms with Crippen molar-refractivity contribution >= 4 is 17.7 Å². The number of benzene rings is 2. The summed E-state index contributed by atoms with van der Waals surface area (Å²) in [5.74, 6) is 0.141. The number of carbonyl (C=O) groups is 3. The van der Waals surface area contributed by atoms with Crippen LogP contribution in [-0.2, 0) is 9.47 Å². The van der Waals surface area contributed by atoms with Crippen molar-refractivity contribution in [1.29, 1.82) is 0 Å². The number of ketones is 1. The quantitative estimate of drug-likeness (QED) is 0.443. The molecule has 0 saturated heterocycles. The van der Waals surface area contributed by atoms with Crippen molar-refractivity contribution < 1.29 is 29.0 Å². The summed E-state index contributed by atoms with van der Waals surface area (Å²) in [6.07, 6.45) is 0.779.